The smallest absolute Gasteiger partial charge is 0.163 e. The minimum atomic E-state index is -0.488. The fourth-order valence-corrected chi connectivity index (χ4v) is 2.51. The average Bonchev–Trinajstić information content (AvgIpc) is 2.36. The second-order valence-electron chi connectivity index (χ2n) is 6.02. The Hall–Kier alpha value is -1.00. The van der Waals surface area contributed by atoms with Gasteiger partial charge in [0.2, 0.25) is 0 Å². The van der Waals surface area contributed by atoms with Crippen molar-refractivity contribution in [2.45, 2.75) is 45.0 Å². The van der Waals surface area contributed by atoms with Crippen LogP contribution in [0.5, 0.6) is 11.5 Å². The first-order valence-corrected chi connectivity index (χ1v) is 7.45. The van der Waals surface area contributed by atoms with Gasteiger partial charge in [-0.15, -0.1) is 6.58 Å². The Bertz CT molecular complexity index is 508. The summed E-state index contributed by atoms with van der Waals surface area (Å²) >= 11 is 3.44. The van der Waals surface area contributed by atoms with Crippen molar-refractivity contribution in [2.24, 2.45) is 0 Å². The molecule has 0 unspecified atom stereocenters. The molecule has 4 heteroatoms. The van der Waals surface area contributed by atoms with E-state index in [2.05, 4.69) is 22.5 Å². The maximum Gasteiger partial charge on any atom is 0.163 e. The van der Waals surface area contributed by atoms with Gasteiger partial charge < -0.3 is 14.2 Å². The first-order chi connectivity index (χ1) is 9.23. The zero-order valence-corrected chi connectivity index (χ0v) is 14.0. The number of hydrogen-bond acceptors (Lipinski definition) is 3. The van der Waals surface area contributed by atoms with E-state index in [0.717, 1.165) is 16.0 Å². The minimum Gasteiger partial charge on any atom is -0.486 e. The first-order valence-electron chi connectivity index (χ1n) is 6.66. The summed E-state index contributed by atoms with van der Waals surface area (Å²) in [7, 11) is 0. The van der Waals surface area contributed by atoms with Crippen LogP contribution in [0.25, 0.3) is 0 Å². The Morgan fingerprint density at radius 2 is 2.00 bits per heavy atom. The van der Waals surface area contributed by atoms with E-state index in [9.17, 15) is 0 Å². The van der Waals surface area contributed by atoms with Crippen molar-refractivity contribution in [1.29, 1.82) is 0 Å². The molecule has 0 bridgehead atoms. The number of hydrogen-bond donors (Lipinski definition) is 0. The fourth-order valence-electron chi connectivity index (χ4n) is 2.17. The van der Waals surface area contributed by atoms with Crippen molar-refractivity contribution >= 4 is 15.9 Å². The highest BCUT2D eigenvalue weighted by Crippen LogP contribution is 2.37. The van der Waals surface area contributed by atoms with Crippen molar-refractivity contribution in [3.8, 4) is 11.5 Å². The third kappa shape index (κ3) is 3.36. The van der Waals surface area contributed by atoms with Gasteiger partial charge >= 0.3 is 0 Å². The predicted molar refractivity (Wildman–Crippen MR) is 83.5 cm³/mol. The van der Waals surface area contributed by atoms with Crippen molar-refractivity contribution in [2.75, 3.05) is 6.61 Å². The molecule has 1 aromatic carbocycles. The highest BCUT2D eigenvalue weighted by Gasteiger charge is 2.39. The molecule has 0 amide bonds. The number of ether oxygens (including phenoxy) is 3. The number of halogens is 1. The Morgan fingerprint density at radius 3 is 2.65 bits per heavy atom. The highest BCUT2D eigenvalue weighted by atomic mass is 79.9. The van der Waals surface area contributed by atoms with Gasteiger partial charge in [-0.1, -0.05) is 22.0 Å². The number of rotatable bonds is 4. The van der Waals surface area contributed by atoms with Crippen molar-refractivity contribution in [3.63, 3.8) is 0 Å². The normalized spacial score (nSPS) is 18.8. The molecule has 0 saturated heterocycles. The summed E-state index contributed by atoms with van der Waals surface area (Å²) in [4.78, 5) is 0. The molecular weight excluding hydrogens is 320 g/mol. The van der Waals surface area contributed by atoms with Crippen LogP contribution in [0.1, 0.15) is 27.7 Å². The lowest BCUT2D eigenvalue weighted by Crippen LogP contribution is -2.51. The molecule has 1 atom stereocenters. The lowest BCUT2D eigenvalue weighted by Gasteiger charge is -2.41. The van der Waals surface area contributed by atoms with E-state index in [0.29, 0.717) is 6.61 Å². The lowest BCUT2D eigenvalue weighted by atomic mass is 9.98. The van der Waals surface area contributed by atoms with Crippen LogP contribution in [0.4, 0.5) is 0 Å². The second kappa shape index (κ2) is 5.41. The van der Waals surface area contributed by atoms with Gasteiger partial charge in [0.05, 0.1) is 5.60 Å². The van der Waals surface area contributed by atoms with Gasteiger partial charge in [-0.25, -0.2) is 0 Å². The van der Waals surface area contributed by atoms with Gasteiger partial charge in [0.15, 0.2) is 17.6 Å². The fraction of sp³-hybridized carbons (Fsp3) is 0.500. The van der Waals surface area contributed by atoms with Crippen LogP contribution < -0.4 is 9.47 Å². The van der Waals surface area contributed by atoms with E-state index >= 15 is 0 Å². The third-order valence-electron chi connectivity index (χ3n) is 3.36. The molecule has 0 saturated carbocycles. The minimum absolute atomic E-state index is 0.177. The molecular formula is C16H21BrO3. The summed E-state index contributed by atoms with van der Waals surface area (Å²) in [6, 6.07) is 5.75. The van der Waals surface area contributed by atoms with Crippen LogP contribution in [-0.4, -0.2) is 23.9 Å². The first kappa shape index (κ1) is 15.4. The largest absolute Gasteiger partial charge is 0.486 e. The number of fused-ring (bicyclic) bond motifs is 1. The molecule has 1 aliphatic heterocycles. The zero-order valence-electron chi connectivity index (χ0n) is 12.4. The topological polar surface area (TPSA) is 27.7 Å². The maximum absolute atomic E-state index is 6.12. The molecule has 110 valence electrons. The van der Waals surface area contributed by atoms with E-state index in [-0.39, 0.29) is 6.10 Å². The van der Waals surface area contributed by atoms with Crippen LogP contribution in [-0.2, 0) is 4.74 Å². The third-order valence-corrected chi connectivity index (χ3v) is 3.85. The van der Waals surface area contributed by atoms with E-state index in [1.54, 1.807) is 6.08 Å². The predicted octanol–water partition coefficient (Wildman–Crippen LogP) is 4.35. The Kier molecular flexibility index (Phi) is 4.17. The van der Waals surface area contributed by atoms with Gasteiger partial charge in [-0.3, -0.25) is 0 Å². The number of benzene rings is 1. The van der Waals surface area contributed by atoms with Crippen LogP contribution in [0.15, 0.2) is 35.3 Å². The monoisotopic (exact) mass is 340 g/mol. The molecule has 0 spiro atoms. The summed E-state index contributed by atoms with van der Waals surface area (Å²) in [5, 5.41) is 0. The average molecular weight is 341 g/mol. The van der Waals surface area contributed by atoms with Crippen molar-refractivity contribution in [1.82, 2.24) is 0 Å². The zero-order chi connectivity index (χ0) is 15.0. The summed E-state index contributed by atoms with van der Waals surface area (Å²) in [6.07, 6.45) is 1.62. The molecule has 0 fully saturated rings. The van der Waals surface area contributed by atoms with E-state index in [1.165, 1.54) is 0 Å². The van der Waals surface area contributed by atoms with Gasteiger partial charge in [-0.05, 0) is 45.9 Å². The van der Waals surface area contributed by atoms with Gasteiger partial charge in [-0.2, -0.15) is 0 Å². The molecule has 0 N–H and O–H groups in total. The van der Waals surface area contributed by atoms with Crippen LogP contribution in [0, 0.1) is 0 Å². The van der Waals surface area contributed by atoms with Crippen LogP contribution >= 0.6 is 15.9 Å². The van der Waals surface area contributed by atoms with Gasteiger partial charge in [0.1, 0.15) is 12.2 Å². The molecule has 3 nitrogen and oxygen atoms in total. The lowest BCUT2D eigenvalue weighted by molar-refractivity contribution is -0.158. The van der Waals surface area contributed by atoms with E-state index in [1.807, 2.05) is 45.9 Å². The van der Waals surface area contributed by atoms with Crippen LogP contribution in [0.3, 0.4) is 0 Å². The van der Waals surface area contributed by atoms with Gasteiger partial charge in [0, 0.05) is 4.47 Å². The molecule has 0 radical (unpaired) electrons. The SMILES string of the molecule is C=CC(C)(C)OC(C)(C)[C@H]1COc2ccc(Br)cc2O1. The summed E-state index contributed by atoms with van der Waals surface area (Å²) in [6.45, 7) is 12.3. The maximum atomic E-state index is 6.12. The molecule has 20 heavy (non-hydrogen) atoms. The molecule has 0 aromatic heterocycles. The van der Waals surface area contributed by atoms with E-state index < -0.39 is 11.2 Å². The van der Waals surface area contributed by atoms with Crippen molar-refractivity contribution < 1.29 is 14.2 Å². The second-order valence-corrected chi connectivity index (χ2v) is 6.94. The summed E-state index contributed by atoms with van der Waals surface area (Å²) in [5.74, 6) is 1.51. The van der Waals surface area contributed by atoms with Gasteiger partial charge in [0.25, 0.3) is 0 Å². The van der Waals surface area contributed by atoms with Crippen molar-refractivity contribution in [3.05, 3.63) is 35.3 Å². The molecule has 0 aliphatic carbocycles. The summed E-state index contributed by atoms with van der Waals surface area (Å²) in [5.41, 5.74) is -0.901. The Balaban J connectivity index is 2.17. The van der Waals surface area contributed by atoms with E-state index in [4.69, 9.17) is 14.2 Å². The highest BCUT2D eigenvalue weighted by molar-refractivity contribution is 9.10. The summed E-state index contributed by atoms with van der Waals surface area (Å²) < 4.78 is 18.9. The quantitative estimate of drug-likeness (QED) is 0.762. The Morgan fingerprint density at radius 1 is 1.30 bits per heavy atom. The molecule has 1 heterocycles. The molecule has 1 aliphatic rings. The Labute approximate surface area is 129 Å². The molecule has 1 aromatic rings. The standard InChI is InChI=1S/C16H21BrO3/c1-6-15(2,3)20-16(4,5)14-10-18-12-8-7-11(17)9-13(12)19-14/h6-9,14H,1,10H2,2-5H3/t14-/m1/s1. The molecule has 2 rings (SSSR count). The van der Waals surface area contributed by atoms with Crippen LogP contribution in [0.2, 0.25) is 0 Å².